The predicted octanol–water partition coefficient (Wildman–Crippen LogP) is 1.94. The number of piperidine rings is 3. The van der Waals surface area contributed by atoms with Crippen LogP contribution in [-0.4, -0.2) is 64.2 Å². The van der Waals surface area contributed by atoms with Crippen LogP contribution in [0.2, 0.25) is 0 Å². The summed E-state index contributed by atoms with van der Waals surface area (Å²) in [4.78, 5) is 34.3. The van der Waals surface area contributed by atoms with Gasteiger partial charge >= 0.3 is 11.9 Å². The van der Waals surface area contributed by atoms with Crippen molar-refractivity contribution in [2.45, 2.75) is 44.8 Å². The molecule has 4 aliphatic heterocycles. The Morgan fingerprint density at radius 2 is 1.77 bits per heavy atom. The van der Waals surface area contributed by atoms with Gasteiger partial charge in [-0.05, 0) is 57.3 Å². The minimum absolute atomic E-state index is 0.0216. The molecule has 0 aromatic heterocycles. The van der Waals surface area contributed by atoms with Gasteiger partial charge in [-0.3, -0.25) is 4.79 Å². The molecule has 3 saturated heterocycles. The summed E-state index contributed by atoms with van der Waals surface area (Å²) in [6, 6.07) is 6.21. The Labute approximate surface area is 175 Å². The number of carboxylic acids is 2. The summed E-state index contributed by atoms with van der Waals surface area (Å²) in [6.45, 7) is 7.52. The number of nitrogens with one attached hydrogen (secondary N) is 1. The molecule has 0 spiro atoms. The Hall–Kier alpha value is -2.87. The Bertz CT molecular complexity index is 839. The van der Waals surface area contributed by atoms with E-state index in [1.54, 1.807) is 0 Å². The molecule has 3 N–H and O–H groups in total. The number of benzene rings is 1. The van der Waals surface area contributed by atoms with Gasteiger partial charge in [-0.2, -0.15) is 0 Å². The van der Waals surface area contributed by atoms with Crippen LogP contribution in [0.3, 0.4) is 0 Å². The molecule has 8 nitrogen and oxygen atoms in total. The predicted molar refractivity (Wildman–Crippen MR) is 110 cm³/mol. The zero-order valence-electron chi connectivity index (χ0n) is 17.3. The second kappa shape index (κ2) is 8.87. The fraction of sp³-hybridized carbons (Fsp3) is 0.500. The number of para-hydroxylation sites is 1. The van der Waals surface area contributed by atoms with Gasteiger partial charge in [0.15, 0.2) is 0 Å². The maximum atomic E-state index is 12.8. The van der Waals surface area contributed by atoms with E-state index in [0.717, 1.165) is 24.3 Å². The molecule has 2 bridgehead atoms. The van der Waals surface area contributed by atoms with E-state index in [2.05, 4.69) is 30.1 Å². The monoisotopic (exact) mass is 416 g/mol. The van der Waals surface area contributed by atoms with Crippen molar-refractivity contribution in [3.05, 3.63) is 41.5 Å². The maximum Gasteiger partial charge on any atom is 0.328 e. The number of nitrogens with zero attached hydrogens (tertiary/aromatic N) is 1. The average molecular weight is 416 g/mol. The molecule has 4 heterocycles. The molecule has 8 heteroatoms. The highest BCUT2D eigenvalue weighted by Gasteiger charge is 2.37. The molecule has 162 valence electrons. The van der Waals surface area contributed by atoms with Gasteiger partial charge in [-0.1, -0.05) is 12.1 Å². The molecule has 1 unspecified atom stereocenters. The van der Waals surface area contributed by atoms with Crippen LogP contribution in [-0.2, 0) is 16.0 Å². The molecular weight excluding hydrogens is 388 g/mol. The van der Waals surface area contributed by atoms with E-state index in [1.165, 1.54) is 25.9 Å². The Morgan fingerprint density at radius 3 is 2.30 bits per heavy atom. The summed E-state index contributed by atoms with van der Waals surface area (Å²) in [7, 11) is 0. The second-order valence-corrected chi connectivity index (χ2v) is 8.56. The number of ether oxygens (including phenoxy) is 1. The van der Waals surface area contributed by atoms with Crippen LogP contribution in [0, 0.1) is 5.92 Å². The summed E-state index contributed by atoms with van der Waals surface area (Å²) in [5.41, 5.74) is 1.63. The summed E-state index contributed by atoms with van der Waals surface area (Å²) < 4.78 is 6.03. The van der Waals surface area contributed by atoms with Crippen LogP contribution in [0.4, 0.5) is 0 Å². The largest absolute Gasteiger partial charge is 0.486 e. The number of aliphatic carboxylic acids is 2. The maximum absolute atomic E-state index is 12.8. The number of amides is 1. The van der Waals surface area contributed by atoms with Gasteiger partial charge in [-0.25, -0.2) is 9.59 Å². The highest BCUT2D eigenvalue weighted by molar-refractivity contribution is 5.97. The van der Waals surface area contributed by atoms with Gasteiger partial charge in [0.1, 0.15) is 11.4 Å². The Balaban J connectivity index is 0.000000275. The molecule has 1 atom stereocenters. The Kier molecular flexibility index (Phi) is 6.45. The van der Waals surface area contributed by atoms with E-state index in [4.69, 9.17) is 14.9 Å². The molecule has 30 heavy (non-hydrogen) atoms. The third kappa shape index (κ3) is 5.38. The van der Waals surface area contributed by atoms with Gasteiger partial charge in [0.05, 0.1) is 5.56 Å². The van der Waals surface area contributed by atoms with Crippen molar-refractivity contribution in [1.29, 1.82) is 0 Å². The average Bonchev–Trinajstić information content (AvgIpc) is 3.01. The second-order valence-electron chi connectivity index (χ2n) is 8.56. The van der Waals surface area contributed by atoms with Crippen molar-refractivity contribution in [2.75, 3.05) is 19.6 Å². The number of carbonyl (C=O) groups is 3. The van der Waals surface area contributed by atoms with Gasteiger partial charge in [0.2, 0.25) is 0 Å². The lowest BCUT2D eigenvalue weighted by Gasteiger charge is -2.44. The molecule has 5 rings (SSSR count). The third-order valence-electron chi connectivity index (χ3n) is 5.68. The van der Waals surface area contributed by atoms with Crippen molar-refractivity contribution in [3.63, 3.8) is 0 Å². The lowest BCUT2D eigenvalue weighted by atomic mass is 9.84. The van der Waals surface area contributed by atoms with Gasteiger partial charge in [-0.15, -0.1) is 0 Å². The van der Waals surface area contributed by atoms with E-state index in [1.807, 2.05) is 12.1 Å². The van der Waals surface area contributed by atoms with Crippen LogP contribution in [0.5, 0.6) is 5.75 Å². The lowest BCUT2D eigenvalue weighted by molar-refractivity contribution is -0.134. The zero-order valence-corrected chi connectivity index (χ0v) is 17.3. The normalized spacial score (nSPS) is 25.6. The number of fused-ring (bicyclic) bond motifs is 4. The van der Waals surface area contributed by atoms with E-state index >= 15 is 0 Å². The molecule has 1 amide bonds. The first-order valence-corrected chi connectivity index (χ1v) is 10.1. The van der Waals surface area contributed by atoms with E-state index in [-0.39, 0.29) is 11.5 Å². The number of hydrogen-bond acceptors (Lipinski definition) is 5. The number of rotatable bonds is 4. The molecule has 3 fully saturated rings. The van der Waals surface area contributed by atoms with E-state index in [0.29, 0.717) is 29.7 Å². The van der Waals surface area contributed by atoms with Crippen LogP contribution < -0.4 is 10.1 Å². The van der Waals surface area contributed by atoms with Crippen LogP contribution >= 0.6 is 0 Å². The topological polar surface area (TPSA) is 116 Å². The zero-order chi connectivity index (χ0) is 21.9. The summed E-state index contributed by atoms with van der Waals surface area (Å²) in [5.74, 6) is -1.07. The first-order valence-electron chi connectivity index (χ1n) is 10.1. The first-order chi connectivity index (χ1) is 14.1. The first kappa shape index (κ1) is 21.8. The molecule has 4 aliphatic rings. The molecular formula is C22H28N2O6. The summed E-state index contributed by atoms with van der Waals surface area (Å²) in [6.07, 6.45) is 4.40. The quantitative estimate of drug-likeness (QED) is 0.642. The van der Waals surface area contributed by atoms with E-state index in [9.17, 15) is 14.4 Å². The summed E-state index contributed by atoms with van der Waals surface area (Å²) in [5, 5.41) is 18.9. The smallest absolute Gasteiger partial charge is 0.328 e. The van der Waals surface area contributed by atoms with Crippen molar-refractivity contribution >= 4 is 17.8 Å². The van der Waals surface area contributed by atoms with Crippen LogP contribution in [0.25, 0.3) is 0 Å². The Morgan fingerprint density at radius 1 is 1.13 bits per heavy atom. The fourth-order valence-corrected chi connectivity index (χ4v) is 4.31. The van der Waals surface area contributed by atoms with E-state index < -0.39 is 11.9 Å². The van der Waals surface area contributed by atoms with Crippen LogP contribution in [0.15, 0.2) is 30.4 Å². The molecule has 1 aromatic carbocycles. The van der Waals surface area contributed by atoms with Crippen molar-refractivity contribution in [1.82, 2.24) is 10.2 Å². The number of hydrogen-bond donors (Lipinski definition) is 3. The van der Waals surface area contributed by atoms with Gasteiger partial charge in [0.25, 0.3) is 5.91 Å². The van der Waals surface area contributed by atoms with Crippen molar-refractivity contribution in [2.24, 2.45) is 5.92 Å². The molecule has 1 aromatic rings. The summed E-state index contributed by atoms with van der Waals surface area (Å²) >= 11 is 0. The lowest BCUT2D eigenvalue weighted by Crippen LogP contribution is -2.57. The molecule has 0 radical (unpaired) electrons. The van der Waals surface area contributed by atoms with Gasteiger partial charge < -0.3 is 25.2 Å². The third-order valence-corrected chi connectivity index (χ3v) is 5.68. The molecule has 0 aliphatic carbocycles. The highest BCUT2D eigenvalue weighted by Crippen LogP contribution is 2.37. The van der Waals surface area contributed by atoms with Crippen molar-refractivity contribution in [3.8, 4) is 5.75 Å². The standard InChI is InChI=1S/C18H24N2O2.C4H4O4/c1-18(2)10-13-4-3-5-14(16(13)22-18)17(21)19-15-11-20-8-6-12(15)7-9-20;5-3(6)1-2-4(7)8/h3-5,12,15H,6-11H2,1-2H3,(H,19,21);1-2H,(H,5,6)(H,7,8)/b;2-1-. The minimum Gasteiger partial charge on any atom is -0.486 e. The SMILES string of the molecule is CC1(C)Cc2cccc(C(=O)NC3CN4CCC3CC4)c2O1.O=C(O)/C=C\C(=O)O. The number of carboxylic acid groups (broad SMARTS) is 2. The fourth-order valence-electron chi connectivity index (χ4n) is 4.31. The molecule has 0 saturated carbocycles. The van der Waals surface area contributed by atoms with Gasteiger partial charge in [0, 0.05) is 31.2 Å². The van der Waals surface area contributed by atoms with Crippen LogP contribution in [0.1, 0.15) is 42.6 Å². The number of carbonyl (C=O) groups excluding carboxylic acids is 1. The minimum atomic E-state index is -1.26. The highest BCUT2D eigenvalue weighted by atomic mass is 16.5. The van der Waals surface area contributed by atoms with Crippen molar-refractivity contribution < 1.29 is 29.3 Å².